The first-order chi connectivity index (χ1) is 16.3. The quantitative estimate of drug-likeness (QED) is 0.361. The van der Waals surface area contributed by atoms with Crippen molar-refractivity contribution in [2.24, 2.45) is 0 Å². The van der Waals surface area contributed by atoms with Crippen LogP contribution in [0.1, 0.15) is 26.2 Å². The van der Waals surface area contributed by atoms with Crippen molar-refractivity contribution in [2.45, 2.75) is 30.9 Å². The molecule has 34 heavy (non-hydrogen) atoms. The molecule has 0 unspecified atom stereocenters. The number of carbonyl (C=O) groups excluding carboxylic acids is 1. The third-order valence-corrected chi connectivity index (χ3v) is 9.23. The summed E-state index contributed by atoms with van der Waals surface area (Å²) in [5.41, 5.74) is 2.23. The van der Waals surface area contributed by atoms with Crippen LogP contribution < -0.4 is 15.1 Å². The summed E-state index contributed by atoms with van der Waals surface area (Å²) in [6.07, 6.45) is 0.935. The summed E-state index contributed by atoms with van der Waals surface area (Å²) in [7, 11) is -2.45. The highest BCUT2D eigenvalue weighted by atomic mass is 32.2. The van der Waals surface area contributed by atoms with E-state index in [1.165, 1.54) is 10.4 Å². The van der Waals surface area contributed by atoms with Gasteiger partial charge >= 0.3 is 0 Å². The van der Waals surface area contributed by atoms with Crippen LogP contribution in [0.4, 0.5) is 10.1 Å². The van der Waals surface area contributed by atoms with Gasteiger partial charge in [-0.2, -0.15) is 4.31 Å². The van der Waals surface area contributed by atoms with Crippen molar-refractivity contribution in [1.29, 1.82) is 0 Å². The number of carbonyl (C=O) groups is 1. The number of benzene rings is 1. The van der Waals surface area contributed by atoms with Gasteiger partial charge in [0, 0.05) is 64.7 Å². The second-order valence-electron chi connectivity index (χ2n) is 8.62. The first-order valence-corrected chi connectivity index (χ1v) is 13.1. The topological polar surface area (TPSA) is 112 Å². The minimum absolute atomic E-state index is 0.0795. The summed E-state index contributed by atoms with van der Waals surface area (Å²) in [6.45, 7) is 5.36. The number of halogens is 1. The summed E-state index contributed by atoms with van der Waals surface area (Å²) in [5.74, 6) is -1.16. The average molecular weight is 503 g/mol. The fraction of sp³-hybridized carbons (Fsp3) is 0.682. The highest BCUT2D eigenvalue weighted by Crippen LogP contribution is 2.35. The molecule has 0 bridgehead atoms. The first kappa shape index (κ1) is 26.6. The molecule has 10 nitrogen and oxygen atoms in total. The van der Waals surface area contributed by atoms with Crippen molar-refractivity contribution in [2.75, 3.05) is 71.0 Å². The lowest BCUT2D eigenvalue weighted by molar-refractivity contribution is -0.133. The van der Waals surface area contributed by atoms with Gasteiger partial charge in [-0.3, -0.25) is 10.0 Å². The summed E-state index contributed by atoms with van der Waals surface area (Å²) in [4.78, 5) is 16.6. The second kappa shape index (κ2) is 11.6. The van der Waals surface area contributed by atoms with Crippen LogP contribution in [0.15, 0.2) is 18.2 Å². The summed E-state index contributed by atoms with van der Waals surface area (Å²) < 4.78 is 51.7. The lowest BCUT2D eigenvalue weighted by atomic mass is 9.95. The molecule has 0 atom stereocenters. The van der Waals surface area contributed by atoms with Gasteiger partial charge in [0.15, 0.2) is 16.3 Å². The van der Waals surface area contributed by atoms with Gasteiger partial charge in [0.05, 0.1) is 13.2 Å². The molecule has 2 aliphatic heterocycles. The van der Waals surface area contributed by atoms with E-state index in [4.69, 9.17) is 9.47 Å². The van der Waals surface area contributed by atoms with Crippen molar-refractivity contribution in [3.05, 3.63) is 24.0 Å². The van der Waals surface area contributed by atoms with Gasteiger partial charge < -0.3 is 19.3 Å². The lowest BCUT2D eigenvalue weighted by Gasteiger charge is -2.44. The third-order valence-electron chi connectivity index (χ3n) is 6.61. The zero-order valence-corrected chi connectivity index (χ0v) is 20.7. The van der Waals surface area contributed by atoms with Gasteiger partial charge in [-0.25, -0.2) is 18.3 Å². The van der Waals surface area contributed by atoms with E-state index >= 15 is 0 Å². The number of anilines is 1. The van der Waals surface area contributed by atoms with Crippen LogP contribution in [0.25, 0.3) is 0 Å². The zero-order chi connectivity index (χ0) is 24.8. The molecule has 0 radical (unpaired) electrons. The molecule has 2 aliphatic rings. The molecular formula is C22H35FN4O6S. The number of hydrogen-bond donors (Lipinski definition) is 2. The Bertz CT molecular complexity index is 931. The Morgan fingerprint density at radius 1 is 1.15 bits per heavy atom. The van der Waals surface area contributed by atoms with E-state index in [1.54, 1.807) is 24.7 Å². The van der Waals surface area contributed by atoms with Gasteiger partial charge in [0.2, 0.25) is 10.0 Å². The van der Waals surface area contributed by atoms with Crippen molar-refractivity contribution in [3.63, 3.8) is 0 Å². The smallest absolute Gasteiger partial charge is 0.266 e. The van der Waals surface area contributed by atoms with E-state index in [0.29, 0.717) is 51.6 Å². The van der Waals surface area contributed by atoms with E-state index < -0.39 is 26.5 Å². The predicted octanol–water partition coefficient (Wildman–Crippen LogP) is 1.05. The molecule has 2 fully saturated rings. The van der Waals surface area contributed by atoms with Crippen LogP contribution in [0.3, 0.4) is 0 Å². The average Bonchev–Trinajstić information content (AvgIpc) is 2.86. The predicted molar refractivity (Wildman–Crippen MR) is 125 cm³/mol. The number of piperazine rings is 1. The van der Waals surface area contributed by atoms with Crippen LogP contribution >= 0.6 is 0 Å². The molecule has 2 N–H and O–H groups in total. The number of methoxy groups -OCH3 is 1. The highest BCUT2D eigenvalue weighted by molar-refractivity contribution is 7.91. The maximum absolute atomic E-state index is 14.4. The maximum atomic E-state index is 14.4. The molecule has 2 saturated heterocycles. The number of sulfonamides is 1. The maximum Gasteiger partial charge on any atom is 0.266 e. The number of piperidine rings is 1. The number of hydrogen-bond acceptors (Lipinski definition) is 8. The standard InChI is InChI=1S/C22H35FN4O6S/c1-3-15-33-20-5-4-18(17-19(20)23)26-10-12-27(13-11-26)34(30,31)22(21(28)24-29)6-8-25(9-7-22)14-16-32-2/h4-5,17,29H,3,6-16H2,1-2H3,(H,24,28). The van der Waals surface area contributed by atoms with Crippen LogP contribution in [0.5, 0.6) is 5.75 Å². The number of amides is 1. The number of hydroxylamine groups is 1. The normalized spacial score (nSPS) is 19.7. The molecule has 12 heteroatoms. The largest absolute Gasteiger partial charge is 0.491 e. The van der Waals surface area contributed by atoms with Crippen molar-refractivity contribution in [1.82, 2.24) is 14.7 Å². The summed E-state index contributed by atoms with van der Waals surface area (Å²) in [6, 6.07) is 4.74. The van der Waals surface area contributed by atoms with Crippen molar-refractivity contribution < 1.29 is 32.3 Å². The fourth-order valence-electron chi connectivity index (χ4n) is 4.51. The molecule has 2 heterocycles. The van der Waals surface area contributed by atoms with E-state index in [-0.39, 0.29) is 31.7 Å². The Balaban J connectivity index is 1.69. The number of nitrogens with zero attached hydrogens (tertiary/aromatic N) is 3. The van der Waals surface area contributed by atoms with E-state index in [1.807, 2.05) is 16.7 Å². The summed E-state index contributed by atoms with van der Waals surface area (Å²) in [5, 5.41) is 9.34. The molecule has 0 saturated carbocycles. The number of ether oxygens (including phenoxy) is 2. The number of rotatable bonds is 10. The van der Waals surface area contributed by atoms with Gasteiger partial charge in [0.25, 0.3) is 5.91 Å². The summed E-state index contributed by atoms with van der Waals surface area (Å²) >= 11 is 0. The number of likely N-dealkylation sites (tertiary alicyclic amines) is 1. The molecule has 0 aliphatic carbocycles. The number of nitrogens with one attached hydrogen (secondary N) is 1. The van der Waals surface area contributed by atoms with Crippen molar-refractivity contribution >= 4 is 21.6 Å². The molecule has 0 spiro atoms. The van der Waals surface area contributed by atoms with Gasteiger partial charge in [-0.1, -0.05) is 6.92 Å². The minimum Gasteiger partial charge on any atom is -0.491 e. The molecule has 192 valence electrons. The van der Waals surface area contributed by atoms with Crippen LogP contribution in [0.2, 0.25) is 0 Å². The Kier molecular flexibility index (Phi) is 9.10. The molecule has 1 aromatic carbocycles. The van der Waals surface area contributed by atoms with Gasteiger partial charge in [-0.15, -0.1) is 0 Å². The molecule has 1 aromatic rings. The third kappa shape index (κ3) is 5.46. The first-order valence-electron chi connectivity index (χ1n) is 11.6. The van der Waals surface area contributed by atoms with Gasteiger partial charge in [0.1, 0.15) is 0 Å². The van der Waals surface area contributed by atoms with Crippen molar-refractivity contribution in [3.8, 4) is 5.75 Å². The Labute approximate surface area is 200 Å². The SMILES string of the molecule is CCCOc1ccc(N2CCN(S(=O)(=O)C3(C(=O)NO)CCN(CCOC)CC3)CC2)cc1F. The lowest BCUT2D eigenvalue weighted by Crippen LogP contribution is -2.63. The van der Waals surface area contributed by atoms with E-state index in [2.05, 4.69) is 0 Å². The monoisotopic (exact) mass is 502 g/mol. The molecule has 1 amide bonds. The van der Waals surface area contributed by atoms with Crippen LogP contribution in [-0.4, -0.2) is 99.6 Å². The van der Waals surface area contributed by atoms with Crippen LogP contribution in [-0.2, 0) is 19.6 Å². The second-order valence-corrected chi connectivity index (χ2v) is 10.9. The molecule has 0 aromatic heterocycles. The van der Waals surface area contributed by atoms with E-state index in [9.17, 15) is 22.8 Å². The molecule has 3 rings (SSSR count). The Morgan fingerprint density at radius 3 is 2.38 bits per heavy atom. The Hall–Kier alpha value is -1.99. The minimum atomic E-state index is -4.05. The Morgan fingerprint density at radius 2 is 1.82 bits per heavy atom. The fourth-order valence-corrected chi connectivity index (χ4v) is 6.63. The highest BCUT2D eigenvalue weighted by Gasteiger charge is 2.55. The zero-order valence-electron chi connectivity index (χ0n) is 19.8. The van der Waals surface area contributed by atoms with Gasteiger partial charge in [-0.05, 0) is 31.4 Å². The van der Waals surface area contributed by atoms with Crippen LogP contribution in [0, 0.1) is 5.82 Å². The van der Waals surface area contributed by atoms with E-state index in [0.717, 1.165) is 6.42 Å². The molecular weight excluding hydrogens is 467 g/mol.